The topological polar surface area (TPSA) is 107 Å². The van der Waals surface area contributed by atoms with E-state index >= 15 is 0 Å². The van der Waals surface area contributed by atoms with Gasteiger partial charge in [-0.05, 0) is 44.2 Å². The fraction of sp³-hybridized carbons (Fsp3) is 0.476. The van der Waals surface area contributed by atoms with E-state index in [4.69, 9.17) is 17.3 Å². The Morgan fingerprint density at radius 3 is 2.55 bits per heavy atom. The van der Waals surface area contributed by atoms with Gasteiger partial charge in [0.1, 0.15) is 28.3 Å². The second kappa shape index (κ2) is 9.24. The third-order valence-corrected chi connectivity index (χ3v) is 7.07. The Morgan fingerprint density at radius 2 is 2.00 bits per heavy atom. The van der Waals surface area contributed by atoms with Crippen LogP contribution >= 0.6 is 24.0 Å². The number of thiocarbonyl (C=S) groups is 1. The van der Waals surface area contributed by atoms with Gasteiger partial charge in [-0.1, -0.05) is 30.9 Å². The molecule has 0 aliphatic carbocycles. The zero-order valence-corrected chi connectivity index (χ0v) is 19.3. The van der Waals surface area contributed by atoms with Gasteiger partial charge in [0, 0.05) is 25.2 Å². The van der Waals surface area contributed by atoms with Crippen LogP contribution in [0.4, 0.5) is 5.82 Å². The number of nitriles is 1. The summed E-state index contributed by atoms with van der Waals surface area (Å²) >= 11 is 6.23. The Hall–Kier alpha value is -2.64. The fourth-order valence-corrected chi connectivity index (χ4v) is 5.14. The summed E-state index contributed by atoms with van der Waals surface area (Å²) < 4.78 is 1.76. The van der Waals surface area contributed by atoms with E-state index in [1.807, 2.05) is 13.0 Å². The molecule has 0 spiro atoms. The molecule has 2 saturated heterocycles. The highest BCUT2D eigenvalue weighted by Crippen LogP contribution is 2.36. The van der Waals surface area contributed by atoms with Crippen molar-refractivity contribution in [2.24, 2.45) is 5.92 Å². The van der Waals surface area contributed by atoms with Crippen LogP contribution in [0.1, 0.15) is 43.4 Å². The SMILES string of the molecule is CCn1c(N2CCC(C)CC2)c(/C=C2\SC(=S)N(CC(=O)O)C2=O)c(C)c(C#N)c1=O. The van der Waals surface area contributed by atoms with E-state index in [0.29, 0.717) is 29.4 Å². The standard InChI is InChI=1S/C21H24N4O4S2/c1-4-24-18(23-7-5-12(2)6-8-23)14(13(3)15(10-22)19(24)28)9-16-20(29)25(11-17(26)27)21(30)31-16/h9,12H,4-8,11H2,1-3H3,(H,26,27)/b16-9-. The molecule has 0 bridgehead atoms. The highest BCUT2D eigenvalue weighted by molar-refractivity contribution is 8.26. The summed E-state index contributed by atoms with van der Waals surface area (Å²) in [5, 5.41) is 18.7. The zero-order valence-electron chi connectivity index (χ0n) is 17.7. The minimum atomic E-state index is -1.15. The Balaban J connectivity index is 2.19. The maximum absolute atomic E-state index is 13.0. The number of pyridine rings is 1. The summed E-state index contributed by atoms with van der Waals surface area (Å²) in [5.41, 5.74) is 0.840. The highest BCUT2D eigenvalue weighted by Gasteiger charge is 2.34. The van der Waals surface area contributed by atoms with Crippen molar-refractivity contribution in [3.05, 3.63) is 31.9 Å². The Kier molecular flexibility index (Phi) is 6.86. The number of anilines is 1. The lowest BCUT2D eigenvalue weighted by Gasteiger charge is -2.35. The van der Waals surface area contributed by atoms with E-state index in [9.17, 15) is 19.6 Å². The van der Waals surface area contributed by atoms with E-state index in [-0.39, 0.29) is 20.3 Å². The van der Waals surface area contributed by atoms with Crippen molar-refractivity contribution in [2.75, 3.05) is 24.5 Å². The van der Waals surface area contributed by atoms with Crippen molar-refractivity contribution in [3.8, 4) is 6.07 Å². The molecule has 10 heteroatoms. The van der Waals surface area contributed by atoms with Crippen LogP contribution in [0.15, 0.2) is 9.70 Å². The average molecular weight is 461 g/mol. The average Bonchev–Trinajstić information content (AvgIpc) is 2.98. The Morgan fingerprint density at radius 1 is 1.35 bits per heavy atom. The maximum Gasteiger partial charge on any atom is 0.323 e. The quantitative estimate of drug-likeness (QED) is 0.528. The van der Waals surface area contributed by atoms with Gasteiger partial charge < -0.3 is 10.0 Å². The monoisotopic (exact) mass is 460 g/mol. The lowest BCUT2D eigenvalue weighted by atomic mass is 9.97. The Labute approximate surface area is 190 Å². The first-order valence-corrected chi connectivity index (χ1v) is 11.3. The van der Waals surface area contributed by atoms with Crippen LogP contribution in [0.5, 0.6) is 0 Å². The van der Waals surface area contributed by atoms with Crippen LogP contribution in [-0.4, -0.2) is 50.4 Å². The second-order valence-electron chi connectivity index (χ2n) is 7.73. The van der Waals surface area contributed by atoms with Crippen molar-refractivity contribution in [1.82, 2.24) is 9.47 Å². The number of hydrogen-bond donors (Lipinski definition) is 1. The number of carbonyl (C=O) groups excluding carboxylic acids is 1. The predicted molar refractivity (Wildman–Crippen MR) is 124 cm³/mol. The van der Waals surface area contributed by atoms with Gasteiger partial charge in [-0.25, -0.2) is 0 Å². The third-order valence-electron chi connectivity index (χ3n) is 5.69. The molecule has 0 unspecified atom stereocenters. The van der Waals surface area contributed by atoms with Crippen molar-refractivity contribution >= 4 is 52.1 Å². The van der Waals surface area contributed by atoms with Crippen LogP contribution in [-0.2, 0) is 16.1 Å². The summed E-state index contributed by atoms with van der Waals surface area (Å²) in [6, 6.07) is 2.01. The molecule has 1 amide bonds. The van der Waals surface area contributed by atoms with Gasteiger partial charge in [0.05, 0.1) is 4.91 Å². The molecule has 2 aliphatic rings. The number of hydrogen-bond acceptors (Lipinski definition) is 7. The van der Waals surface area contributed by atoms with E-state index in [1.54, 1.807) is 17.6 Å². The molecule has 8 nitrogen and oxygen atoms in total. The van der Waals surface area contributed by atoms with Crippen LogP contribution < -0.4 is 10.5 Å². The number of piperidine rings is 1. The van der Waals surface area contributed by atoms with Crippen LogP contribution in [0.3, 0.4) is 0 Å². The van der Waals surface area contributed by atoms with E-state index < -0.39 is 18.4 Å². The number of amides is 1. The van der Waals surface area contributed by atoms with Crippen molar-refractivity contribution in [1.29, 1.82) is 5.26 Å². The molecule has 1 N–H and O–H groups in total. The molecule has 0 atom stereocenters. The lowest BCUT2D eigenvalue weighted by Crippen LogP contribution is -2.39. The van der Waals surface area contributed by atoms with Gasteiger partial charge in [0.2, 0.25) is 0 Å². The molecule has 1 aromatic rings. The van der Waals surface area contributed by atoms with E-state index in [0.717, 1.165) is 42.6 Å². The molecular weight excluding hydrogens is 436 g/mol. The molecule has 2 aliphatic heterocycles. The second-order valence-corrected chi connectivity index (χ2v) is 9.41. The summed E-state index contributed by atoms with van der Waals surface area (Å²) in [7, 11) is 0. The predicted octanol–water partition coefficient (Wildman–Crippen LogP) is 2.57. The minimum absolute atomic E-state index is 0.0447. The summed E-state index contributed by atoms with van der Waals surface area (Å²) in [6.45, 7) is 7.18. The molecule has 3 rings (SSSR count). The first kappa shape index (κ1) is 23.0. The Bertz CT molecular complexity index is 1080. The van der Waals surface area contributed by atoms with Crippen molar-refractivity contribution in [2.45, 2.75) is 40.2 Å². The van der Waals surface area contributed by atoms with Crippen LogP contribution in [0, 0.1) is 24.2 Å². The number of carboxylic acids is 1. The third kappa shape index (κ3) is 4.38. The van der Waals surface area contributed by atoms with Gasteiger partial charge in [0.15, 0.2) is 0 Å². The zero-order chi connectivity index (χ0) is 22.9. The number of thioether (sulfide) groups is 1. The summed E-state index contributed by atoms with van der Waals surface area (Å²) in [5.74, 6) is -0.349. The largest absolute Gasteiger partial charge is 0.480 e. The van der Waals surface area contributed by atoms with Gasteiger partial charge in [0.25, 0.3) is 11.5 Å². The first-order valence-electron chi connectivity index (χ1n) is 10.1. The van der Waals surface area contributed by atoms with Gasteiger partial charge in [-0.2, -0.15) is 5.26 Å². The highest BCUT2D eigenvalue weighted by atomic mass is 32.2. The molecule has 2 fully saturated rings. The smallest absolute Gasteiger partial charge is 0.323 e. The van der Waals surface area contributed by atoms with Gasteiger partial charge >= 0.3 is 5.97 Å². The molecule has 31 heavy (non-hydrogen) atoms. The lowest BCUT2D eigenvalue weighted by molar-refractivity contribution is -0.140. The van der Waals surface area contributed by atoms with E-state index in [2.05, 4.69) is 11.8 Å². The van der Waals surface area contributed by atoms with Gasteiger partial charge in [-0.3, -0.25) is 23.9 Å². The number of nitrogens with zero attached hydrogens (tertiary/aromatic N) is 4. The normalized spacial score (nSPS) is 18.7. The number of rotatable bonds is 5. The molecule has 0 saturated carbocycles. The fourth-order valence-electron chi connectivity index (χ4n) is 3.90. The summed E-state index contributed by atoms with van der Waals surface area (Å²) in [4.78, 5) is 40.4. The molecule has 3 heterocycles. The van der Waals surface area contributed by atoms with Crippen molar-refractivity contribution < 1.29 is 14.7 Å². The molecule has 1 aromatic heterocycles. The first-order chi connectivity index (χ1) is 14.7. The van der Waals surface area contributed by atoms with E-state index in [1.165, 1.54) is 0 Å². The molecule has 0 radical (unpaired) electrons. The van der Waals surface area contributed by atoms with Gasteiger partial charge in [-0.15, -0.1) is 0 Å². The van der Waals surface area contributed by atoms with Crippen LogP contribution in [0.2, 0.25) is 0 Å². The number of aromatic nitrogens is 1. The van der Waals surface area contributed by atoms with Crippen molar-refractivity contribution in [3.63, 3.8) is 0 Å². The molecule has 164 valence electrons. The molecular formula is C21H24N4O4S2. The number of aliphatic carboxylic acids is 1. The number of carbonyl (C=O) groups is 2. The maximum atomic E-state index is 13.0. The molecule has 0 aromatic carbocycles. The minimum Gasteiger partial charge on any atom is -0.480 e. The summed E-state index contributed by atoms with van der Waals surface area (Å²) in [6.07, 6.45) is 3.62. The number of carboxylic acid groups (broad SMARTS) is 1. The van der Waals surface area contributed by atoms with Crippen LogP contribution in [0.25, 0.3) is 6.08 Å².